The predicted molar refractivity (Wildman–Crippen MR) is 160 cm³/mol. The number of benzene rings is 2. The fourth-order valence-corrected chi connectivity index (χ4v) is 4.50. The van der Waals surface area contributed by atoms with Crippen molar-refractivity contribution < 1.29 is 9.53 Å². The van der Waals surface area contributed by atoms with E-state index in [0.717, 1.165) is 36.7 Å². The Morgan fingerprint density at radius 2 is 1.77 bits per heavy atom. The highest BCUT2D eigenvalue weighted by Gasteiger charge is 2.22. The van der Waals surface area contributed by atoms with Gasteiger partial charge in [0.1, 0.15) is 23.1 Å². The van der Waals surface area contributed by atoms with Gasteiger partial charge in [0.15, 0.2) is 0 Å². The number of hydrogen-bond acceptors (Lipinski definition) is 6. The van der Waals surface area contributed by atoms with E-state index in [1.165, 1.54) is 11.1 Å². The molecule has 0 saturated carbocycles. The van der Waals surface area contributed by atoms with Gasteiger partial charge in [-0.05, 0) is 80.4 Å². The summed E-state index contributed by atoms with van der Waals surface area (Å²) in [5.41, 5.74) is 4.90. The second kappa shape index (κ2) is 11.4. The maximum absolute atomic E-state index is 13.0. The van der Waals surface area contributed by atoms with Crippen LogP contribution in [-0.4, -0.2) is 33.4 Å². The van der Waals surface area contributed by atoms with Crippen LogP contribution >= 0.6 is 0 Å². The second-order valence-electron chi connectivity index (χ2n) is 11.3. The number of rotatable bonds is 7. The van der Waals surface area contributed by atoms with Crippen LogP contribution in [0.25, 0.3) is 5.69 Å². The summed E-state index contributed by atoms with van der Waals surface area (Å²) in [6.07, 6.45) is 2.67. The van der Waals surface area contributed by atoms with Gasteiger partial charge < -0.3 is 20.7 Å². The van der Waals surface area contributed by atoms with Gasteiger partial charge in [0.2, 0.25) is 0 Å². The number of amides is 2. The van der Waals surface area contributed by atoms with E-state index in [9.17, 15) is 4.79 Å². The Morgan fingerprint density at radius 3 is 2.52 bits per heavy atom. The topological polar surface area (TPSA) is 105 Å². The van der Waals surface area contributed by atoms with E-state index in [-0.39, 0.29) is 17.5 Å². The molecule has 0 saturated heterocycles. The molecule has 2 aromatic heterocycles. The fourth-order valence-electron chi connectivity index (χ4n) is 4.50. The van der Waals surface area contributed by atoms with Crippen LogP contribution in [0.15, 0.2) is 66.9 Å². The average Bonchev–Trinajstić information content (AvgIpc) is 3.34. The normalized spacial score (nSPS) is 13.1. The van der Waals surface area contributed by atoms with Gasteiger partial charge in [0.25, 0.3) is 0 Å². The number of nitrogens with zero attached hydrogens (tertiary/aromatic N) is 3. The molecule has 2 amide bonds. The molecule has 1 aliphatic rings. The zero-order chi connectivity index (χ0) is 28.3. The Bertz CT molecular complexity index is 1490. The average molecular weight is 540 g/mol. The molecule has 3 heterocycles. The maximum atomic E-state index is 13.0. The summed E-state index contributed by atoms with van der Waals surface area (Å²) in [4.78, 5) is 17.3. The lowest BCUT2D eigenvalue weighted by atomic mass is 9.92. The van der Waals surface area contributed by atoms with Crippen molar-refractivity contribution >= 4 is 23.4 Å². The molecule has 1 aliphatic heterocycles. The Hall–Kier alpha value is -4.37. The van der Waals surface area contributed by atoms with Gasteiger partial charge >= 0.3 is 6.03 Å². The van der Waals surface area contributed by atoms with Crippen LogP contribution in [0.3, 0.4) is 0 Å². The molecule has 9 nitrogen and oxygen atoms in total. The number of anilines is 3. The molecule has 40 heavy (non-hydrogen) atoms. The van der Waals surface area contributed by atoms with Crippen molar-refractivity contribution in [3.63, 3.8) is 0 Å². The highest BCUT2D eigenvalue weighted by molar-refractivity contribution is 5.99. The molecule has 0 bridgehead atoms. The van der Waals surface area contributed by atoms with E-state index in [2.05, 4.69) is 79.1 Å². The monoisotopic (exact) mass is 539 g/mol. The summed E-state index contributed by atoms with van der Waals surface area (Å²) >= 11 is 0. The Labute approximate surface area is 235 Å². The zero-order valence-electron chi connectivity index (χ0n) is 23.7. The minimum atomic E-state index is -0.351. The predicted octanol–water partition coefficient (Wildman–Crippen LogP) is 6.47. The van der Waals surface area contributed by atoms with Gasteiger partial charge in [0, 0.05) is 42.0 Å². The van der Waals surface area contributed by atoms with Crippen LogP contribution in [0.4, 0.5) is 22.1 Å². The van der Waals surface area contributed by atoms with E-state index in [4.69, 9.17) is 9.84 Å². The van der Waals surface area contributed by atoms with Gasteiger partial charge in [-0.15, -0.1) is 0 Å². The number of aromatic nitrogens is 3. The molecule has 2 aromatic carbocycles. The van der Waals surface area contributed by atoms with Crippen molar-refractivity contribution in [1.82, 2.24) is 20.1 Å². The SMILES string of the molecule is CC(C)Nc1cc(Oc2ccc(NC(=O)Nc3cc(C(C)(C)C)nn3-c3ccc4c(c3)CCNC4)cc2)ccn1. The zero-order valence-corrected chi connectivity index (χ0v) is 23.7. The summed E-state index contributed by atoms with van der Waals surface area (Å²) in [7, 11) is 0. The van der Waals surface area contributed by atoms with Crippen LogP contribution < -0.4 is 26.0 Å². The smallest absolute Gasteiger partial charge is 0.324 e. The number of fused-ring (bicyclic) bond motifs is 1. The van der Waals surface area contributed by atoms with E-state index >= 15 is 0 Å². The number of nitrogens with one attached hydrogen (secondary N) is 4. The number of hydrogen-bond donors (Lipinski definition) is 4. The minimum absolute atomic E-state index is 0.174. The summed E-state index contributed by atoms with van der Waals surface area (Å²) in [5.74, 6) is 2.70. The van der Waals surface area contributed by atoms with E-state index in [0.29, 0.717) is 23.0 Å². The first kappa shape index (κ1) is 27.2. The third-order valence-corrected chi connectivity index (χ3v) is 6.56. The van der Waals surface area contributed by atoms with Crippen LogP contribution in [0, 0.1) is 0 Å². The maximum Gasteiger partial charge on any atom is 0.324 e. The molecule has 4 N–H and O–H groups in total. The molecule has 0 radical (unpaired) electrons. The summed E-state index contributed by atoms with van der Waals surface area (Å²) in [6, 6.07) is 19.1. The molecular weight excluding hydrogens is 502 g/mol. The molecule has 9 heteroatoms. The lowest BCUT2D eigenvalue weighted by molar-refractivity contribution is 0.262. The van der Waals surface area contributed by atoms with Gasteiger partial charge in [-0.3, -0.25) is 5.32 Å². The van der Waals surface area contributed by atoms with Crippen LogP contribution in [0.1, 0.15) is 51.4 Å². The van der Waals surface area contributed by atoms with Crippen molar-refractivity contribution in [3.8, 4) is 17.2 Å². The van der Waals surface area contributed by atoms with Gasteiger partial charge in [-0.1, -0.05) is 26.8 Å². The lowest BCUT2D eigenvalue weighted by Crippen LogP contribution is -2.24. The molecule has 5 rings (SSSR count). The number of urea groups is 1. The Morgan fingerprint density at radius 1 is 0.975 bits per heavy atom. The van der Waals surface area contributed by atoms with Crippen molar-refractivity contribution in [2.24, 2.45) is 0 Å². The van der Waals surface area contributed by atoms with Crippen LogP contribution in [-0.2, 0) is 18.4 Å². The molecule has 4 aromatic rings. The van der Waals surface area contributed by atoms with E-state index < -0.39 is 0 Å². The summed E-state index contributed by atoms with van der Waals surface area (Å²) in [5, 5.41) is 17.5. The third kappa shape index (κ3) is 6.60. The molecule has 0 unspecified atom stereocenters. The van der Waals surface area contributed by atoms with E-state index in [1.807, 2.05) is 28.9 Å². The van der Waals surface area contributed by atoms with Gasteiger partial charge in [-0.2, -0.15) is 5.10 Å². The number of carbonyl (C=O) groups excluding carboxylic acids is 1. The third-order valence-electron chi connectivity index (χ3n) is 6.56. The number of carbonyl (C=O) groups is 1. The summed E-state index contributed by atoms with van der Waals surface area (Å²) in [6.45, 7) is 12.3. The van der Waals surface area contributed by atoms with Crippen LogP contribution in [0.5, 0.6) is 11.5 Å². The molecular formula is C31H37N7O2. The molecule has 0 aliphatic carbocycles. The fraction of sp³-hybridized carbons (Fsp3) is 0.323. The molecule has 0 atom stereocenters. The lowest BCUT2D eigenvalue weighted by Gasteiger charge is -2.18. The van der Waals surface area contributed by atoms with Crippen molar-refractivity contribution in [2.45, 2.75) is 59.0 Å². The van der Waals surface area contributed by atoms with E-state index in [1.54, 1.807) is 24.4 Å². The highest BCUT2D eigenvalue weighted by Crippen LogP contribution is 2.28. The first-order valence-corrected chi connectivity index (χ1v) is 13.7. The standard InChI is InChI=1S/C31H37N7O2/c1-20(2)34-28-17-26(13-15-33-28)40-25-10-7-23(8-11-25)35-30(39)36-29-18-27(31(3,4)5)37-38(29)24-9-6-22-19-32-14-12-21(22)16-24/h6-11,13,15-18,20,32H,12,14,19H2,1-5H3,(H,33,34)(H2,35,36,39). The van der Waals surface area contributed by atoms with Gasteiger partial charge in [-0.25, -0.2) is 14.5 Å². The molecule has 208 valence electrons. The number of pyridine rings is 1. The van der Waals surface area contributed by atoms with Crippen molar-refractivity contribution in [2.75, 3.05) is 22.5 Å². The second-order valence-corrected chi connectivity index (χ2v) is 11.3. The van der Waals surface area contributed by atoms with Crippen LogP contribution in [0.2, 0.25) is 0 Å². The largest absolute Gasteiger partial charge is 0.457 e. The first-order chi connectivity index (χ1) is 19.1. The Kier molecular flexibility index (Phi) is 7.75. The first-order valence-electron chi connectivity index (χ1n) is 13.7. The quantitative estimate of drug-likeness (QED) is 0.215. The Balaban J connectivity index is 1.29. The van der Waals surface area contributed by atoms with Crippen molar-refractivity contribution in [1.29, 1.82) is 0 Å². The minimum Gasteiger partial charge on any atom is -0.457 e. The number of ether oxygens (including phenoxy) is 1. The van der Waals surface area contributed by atoms with Gasteiger partial charge in [0.05, 0.1) is 11.4 Å². The highest BCUT2D eigenvalue weighted by atomic mass is 16.5. The molecule has 0 fully saturated rings. The molecule has 0 spiro atoms. The van der Waals surface area contributed by atoms with Crippen molar-refractivity contribution in [3.05, 3.63) is 83.7 Å². The summed E-state index contributed by atoms with van der Waals surface area (Å²) < 4.78 is 7.79.